The van der Waals surface area contributed by atoms with Gasteiger partial charge in [0, 0.05) is 17.7 Å². The molecule has 5 heteroatoms. The summed E-state index contributed by atoms with van der Waals surface area (Å²) in [6.07, 6.45) is 4.18. The lowest BCUT2D eigenvalue weighted by Gasteiger charge is -2.20. The second-order valence-corrected chi connectivity index (χ2v) is 6.80. The van der Waals surface area contributed by atoms with E-state index in [0.29, 0.717) is 24.3 Å². The summed E-state index contributed by atoms with van der Waals surface area (Å²) >= 11 is 0. The third-order valence-electron chi connectivity index (χ3n) is 4.64. The topological polar surface area (TPSA) is 63.7 Å². The summed E-state index contributed by atoms with van der Waals surface area (Å²) in [5.74, 6) is -0.475. The molecule has 1 heterocycles. The Labute approximate surface area is 139 Å². The summed E-state index contributed by atoms with van der Waals surface area (Å²) in [6.45, 7) is 10.0. The number of hydrogen-bond donors (Lipinski definition) is 0. The van der Waals surface area contributed by atoms with Crippen molar-refractivity contribution in [3.8, 4) is 0 Å². The van der Waals surface area contributed by atoms with Gasteiger partial charge >= 0.3 is 5.97 Å². The Balaban J connectivity index is 2.15. The molecule has 0 atom stereocenters. The van der Waals surface area contributed by atoms with Crippen LogP contribution in [-0.4, -0.2) is 35.8 Å². The van der Waals surface area contributed by atoms with Gasteiger partial charge in [-0.15, -0.1) is 0 Å². The first-order valence-electron chi connectivity index (χ1n) is 8.43. The maximum absolute atomic E-state index is 11.9. The zero-order valence-corrected chi connectivity index (χ0v) is 15.0. The average Bonchev–Trinajstić information content (AvgIpc) is 2.70. The van der Waals surface area contributed by atoms with Gasteiger partial charge < -0.3 is 4.74 Å². The Morgan fingerprint density at radius 1 is 1.00 bits per heavy atom. The molecule has 1 rings (SSSR count). The highest BCUT2D eigenvalue weighted by molar-refractivity contribution is 6.18. The van der Waals surface area contributed by atoms with E-state index in [4.69, 9.17) is 4.74 Å². The van der Waals surface area contributed by atoms with Gasteiger partial charge in [-0.2, -0.15) is 0 Å². The Hall–Kier alpha value is -1.65. The highest BCUT2D eigenvalue weighted by Crippen LogP contribution is 2.22. The van der Waals surface area contributed by atoms with Gasteiger partial charge in [-0.25, -0.2) is 0 Å². The molecule has 0 aromatic rings. The zero-order valence-electron chi connectivity index (χ0n) is 15.0. The van der Waals surface area contributed by atoms with Crippen molar-refractivity contribution in [3.63, 3.8) is 0 Å². The van der Waals surface area contributed by atoms with Gasteiger partial charge in [0.25, 0.3) is 11.8 Å². The van der Waals surface area contributed by atoms with E-state index in [-0.39, 0.29) is 17.8 Å². The predicted octanol–water partition coefficient (Wildman–Crippen LogP) is 3.23. The first-order valence-corrected chi connectivity index (χ1v) is 8.43. The van der Waals surface area contributed by atoms with Crippen LogP contribution in [0.3, 0.4) is 0 Å². The molecule has 0 bridgehead atoms. The lowest BCUT2D eigenvalue weighted by Crippen LogP contribution is -2.32. The number of carbonyl (C=O) groups excluding carboxylic acids is 3. The normalized spacial score (nSPS) is 15.6. The molecule has 0 aliphatic carbocycles. The standard InChI is InChI=1S/C18H29NO4/c1-6-18(4,5)17(22)23-12-10-8-7-9-11-19-15(20)13(2)14(3)16(19)21/h6-12H2,1-5H3. The lowest BCUT2D eigenvalue weighted by molar-refractivity contribution is -0.154. The molecule has 1 aliphatic heterocycles. The minimum absolute atomic E-state index is 0.148. The molecule has 0 aromatic heterocycles. The number of unbranched alkanes of at least 4 members (excludes halogenated alkanes) is 3. The van der Waals surface area contributed by atoms with Crippen LogP contribution in [0.15, 0.2) is 11.1 Å². The quantitative estimate of drug-likeness (QED) is 0.371. The van der Waals surface area contributed by atoms with E-state index in [0.717, 1.165) is 32.1 Å². The van der Waals surface area contributed by atoms with Crippen molar-refractivity contribution in [3.05, 3.63) is 11.1 Å². The van der Waals surface area contributed by atoms with Crippen molar-refractivity contribution in [2.45, 2.75) is 66.7 Å². The van der Waals surface area contributed by atoms with Gasteiger partial charge in [0.1, 0.15) is 0 Å². The minimum atomic E-state index is -0.417. The molecule has 2 amide bonds. The SMILES string of the molecule is CCC(C)(C)C(=O)OCCCCCCN1C(=O)C(C)=C(C)C1=O. The Morgan fingerprint density at radius 3 is 2.04 bits per heavy atom. The fraction of sp³-hybridized carbons (Fsp3) is 0.722. The largest absolute Gasteiger partial charge is 0.465 e. The molecular weight excluding hydrogens is 294 g/mol. The summed E-state index contributed by atoms with van der Waals surface area (Å²) in [7, 11) is 0. The predicted molar refractivity (Wildman–Crippen MR) is 88.6 cm³/mol. The number of hydrogen-bond acceptors (Lipinski definition) is 4. The number of imide groups is 1. The van der Waals surface area contributed by atoms with Crippen molar-refractivity contribution in [1.29, 1.82) is 0 Å². The maximum Gasteiger partial charge on any atom is 0.311 e. The highest BCUT2D eigenvalue weighted by Gasteiger charge is 2.32. The van der Waals surface area contributed by atoms with Crippen LogP contribution in [-0.2, 0) is 19.1 Å². The van der Waals surface area contributed by atoms with Gasteiger partial charge in [0.15, 0.2) is 0 Å². The van der Waals surface area contributed by atoms with Crippen molar-refractivity contribution in [1.82, 2.24) is 4.90 Å². The molecule has 130 valence electrons. The Bertz CT molecular complexity index is 481. The first-order chi connectivity index (χ1) is 10.7. The molecule has 0 spiro atoms. The second-order valence-electron chi connectivity index (χ2n) is 6.80. The number of ether oxygens (including phenoxy) is 1. The number of rotatable bonds is 9. The molecule has 1 aliphatic rings. The fourth-order valence-corrected chi connectivity index (χ4v) is 2.25. The second kappa shape index (κ2) is 8.27. The Morgan fingerprint density at radius 2 is 1.52 bits per heavy atom. The Kier molecular flexibility index (Phi) is 6.98. The van der Waals surface area contributed by atoms with Gasteiger partial charge in [0.2, 0.25) is 0 Å². The van der Waals surface area contributed by atoms with Gasteiger partial charge in [-0.1, -0.05) is 13.3 Å². The van der Waals surface area contributed by atoms with E-state index in [1.807, 2.05) is 20.8 Å². The number of esters is 1. The summed E-state index contributed by atoms with van der Waals surface area (Å²) in [6, 6.07) is 0. The van der Waals surface area contributed by atoms with Crippen LogP contribution in [0.25, 0.3) is 0 Å². The summed E-state index contributed by atoms with van der Waals surface area (Å²) in [5.41, 5.74) is 0.694. The van der Waals surface area contributed by atoms with Gasteiger partial charge in [-0.05, 0) is 53.4 Å². The van der Waals surface area contributed by atoms with E-state index in [1.54, 1.807) is 13.8 Å². The van der Waals surface area contributed by atoms with Crippen LogP contribution in [0.5, 0.6) is 0 Å². The van der Waals surface area contributed by atoms with E-state index < -0.39 is 5.41 Å². The van der Waals surface area contributed by atoms with E-state index in [2.05, 4.69) is 0 Å². The molecular formula is C18H29NO4. The van der Waals surface area contributed by atoms with Crippen molar-refractivity contribution in [2.75, 3.05) is 13.2 Å². The molecule has 0 N–H and O–H groups in total. The summed E-state index contributed by atoms with van der Waals surface area (Å²) < 4.78 is 5.28. The van der Waals surface area contributed by atoms with Crippen LogP contribution in [0, 0.1) is 5.41 Å². The first kappa shape index (κ1) is 19.4. The van der Waals surface area contributed by atoms with Crippen LogP contribution in [0.4, 0.5) is 0 Å². The van der Waals surface area contributed by atoms with E-state index in [9.17, 15) is 14.4 Å². The number of carbonyl (C=O) groups is 3. The van der Waals surface area contributed by atoms with Crippen molar-refractivity contribution >= 4 is 17.8 Å². The maximum atomic E-state index is 11.9. The van der Waals surface area contributed by atoms with Crippen LogP contribution in [0.1, 0.15) is 66.7 Å². The molecule has 5 nitrogen and oxygen atoms in total. The zero-order chi connectivity index (χ0) is 17.6. The molecule has 0 unspecified atom stereocenters. The van der Waals surface area contributed by atoms with Crippen LogP contribution in [0.2, 0.25) is 0 Å². The monoisotopic (exact) mass is 323 g/mol. The van der Waals surface area contributed by atoms with Crippen LogP contribution < -0.4 is 0 Å². The number of amides is 2. The summed E-state index contributed by atoms with van der Waals surface area (Å²) in [5, 5.41) is 0. The minimum Gasteiger partial charge on any atom is -0.465 e. The average molecular weight is 323 g/mol. The smallest absolute Gasteiger partial charge is 0.311 e. The third-order valence-corrected chi connectivity index (χ3v) is 4.64. The molecule has 0 saturated carbocycles. The van der Waals surface area contributed by atoms with Crippen molar-refractivity contribution < 1.29 is 19.1 Å². The van der Waals surface area contributed by atoms with Gasteiger partial charge in [0.05, 0.1) is 12.0 Å². The molecule has 0 radical (unpaired) electrons. The van der Waals surface area contributed by atoms with E-state index >= 15 is 0 Å². The van der Waals surface area contributed by atoms with Crippen molar-refractivity contribution in [2.24, 2.45) is 5.41 Å². The molecule has 0 aromatic carbocycles. The highest BCUT2D eigenvalue weighted by atomic mass is 16.5. The molecule has 0 fully saturated rings. The third kappa shape index (κ3) is 4.91. The molecule has 0 saturated heterocycles. The lowest BCUT2D eigenvalue weighted by atomic mass is 9.91. The number of nitrogens with zero attached hydrogens (tertiary/aromatic N) is 1. The van der Waals surface area contributed by atoms with Gasteiger partial charge in [-0.3, -0.25) is 19.3 Å². The fourth-order valence-electron chi connectivity index (χ4n) is 2.25. The summed E-state index contributed by atoms with van der Waals surface area (Å²) in [4.78, 5) is 36.9. The van der Waals surface area contributed by atoms with Crippen LogP contribution >= 0.6 is 0 Å². The van der Waals surface area contributed by atoms with E-state index in [1.165, 1.54) is 4.90 Å². The molecule has 23 heavy (non-hydrogen) atoms.